The zero-order chi connectivity index (χ0) is 18.6. The van der Waals surface area contributed by atoms with E-state index in [9.17, 15) is 9.50 Å². The number of hydrogen-bond donors (Lipinski definition) is 1. The van der Waals surface area contributed by atoms with Gasteiger partial charge in [0.05, 0.1) is 0 Å². The van der Waals surface area contributed by atoms with Gasteiger partial charge in [-0.05, 0) is 61.6 Å². The van der Waals surface area contributed by atoms with E-state index < -0.39 is 5.60 Å². The van der Waals surface area contributed by atoms with Crippen molar-refractivity contribution in [1.82, 2.24) is 4.90 Å². The first kappa shape index (κ1) is 18.9. The number of hydrogen-bond acceptors (Lipinski definition) is 3. The maximum absolute atomic E-state index is 13.2. The smallest absolute Gasteiger partial charge is 0.149 e. The fourth-order valence-corrected chi connectivity index (χ4v) is 3.66. The molecule has 4 heteroatoms. The van der Waals surface area contributed by atoms with E-state index in [4.69, 9.17) is 4.74 Å². The van der Waals surface area contributed by atoms with E-state index in [2.05, 4.69) is 11.8 Å². The monoisotopic (exact) mass is 357 g/mol. The number of ether oxygens (including phenoxy) is 1. The fraction of sp³-hybridized carbons (Fsp3) is 0.455. The van der Waals surface area contributed by atoms with Gasteiger partial charge >= 0.3 is 0 Å². The van der Waals surface area contributed by atoms with Crippen LogP contribution in [0.15, 0.2) is 48.5 Å². The van der Waals surface area contributed by atoms with Gasteiger partial charge in [-0.3, -0.25) is 4.90 Å². The van der Waals surface area contributed by atoms with Gasteiger partial charge in [0.25, 0.3) is 0 Å². The molecule has 0 aliphatic carbocycles. The van der Waals surface area contributed by atoms with Gasteiger partial charge < -0.3 is 9.84 Å². The summed E-state index contributed by atoms with van der Waals surface area (Å²) in [6.07, 6.45) is 4.31. The van der Waals surface area contributed by atoms with E-state index in [-0.39, 0.29) is 12.0 Å². The third-order valence-corrected chi connectivity index (χ3v) is 5.38. The lowest BCUT2D eigenvalue weighted by atomic mass is 9.84. The van der Waals surface area contributed by atoms with E-state index in [0.717, 1.165) is 24.4 Å². The minimum atomic E-state index is -1.13. The molecule has 1 saturated heterocycles. The van der Waals surface area contributed by atoms with Crippen LogP contribution in [0.5, 0.6) is 5.75 Å². The Morgan fingerprint density at radius 2 is 1.54 bits per heavy atom. The third-order valence-electron chi connectivity index (χ3n) is 5.38. The molecule has 2 aromatic rings. The average Bonchev–Trinajstić information content (AvgIpc) is 2.69. The summed E-state index contributed by atoms with van der Waals surface area (Å²) >= 11 is 0. The maximum Gasteiger partial charge on any atom is 0.149 e. The summed E-state index contributed by atoms with van der Waals surface area (Å²) in [5, 5.41) is 11.2. The second-order valence-corrected chi connectivity index (χ2v) is 7.06. The molecule has 0 amide bonds. The molecule has 1 aliphatic rings. The summed E-state index contributed by atoms with van der Waals surface area (Å²) in [5.74, 6) is 0.493. The van der Waals surface area contributed by atoms with E-state index in [1.807, 2.05) is 31.2 Å². The number of likely N-dealkylation sites (tertiary alicyclic amines) is 1. The van der Waals surface area contributed by atoms with Crippen LogP contribution < -0.4 is 4.74 Å². The topological polar surface area (TPSA) is 32.7 Å². The molecule has 3 rings (SSSR count). The summed E-state index contributed by atoms with van der Waals surface area (Å²) in [7, 11) is 0. The highest BCUT2D eigenvalue weighted by Gasteiger charge is 2.29. The third kappa shape index (κ3) is 4.08. The number of aliphatic hydroxyl groups is 1. The summed E-state index contributed by atoms with van der Waals surface area (Å²) in [5.41, 5.74) is 0.339. The van der Waals surface area contributed by atoms with Crippen molar-refractivity contribution in [2.75, 3.05) is 13.1 Å². The lowest BCUT2D eigenvalue weighted by Crippen LogP contribution is -2.40. The van der Waals surface area contributed by atoms with Crippen molar-refractivity contribution < 1.29 is 14.2 Å². The van der Waals surface area contributed by atoms with Crippen LogP contribution in [0.1, 0.15) is 50.7 Å². The Bertz CT molecular complexity index is 695. The largest absolute Gasteiger partial charge is 0.475 e. The Morgan fingerprint density at radius 3 is 2.08 bits per heavy atom. The molecular formula is C22H28FNO2. The van der Waals surface area contributed by atoms with Gasteiger partial charge in [0.2, 0.25) is 0 Å². The van der Waals surface area contributed by atoms with Crippen LogP contribution in [-0.2, 0) is 5.60 Å². The maximum atomic E-state index is 13.2. The van der Waals surface area contributed by atoms with Gasteiger partial charge in [0, 0.05) is 13.1 Å². The van der Waals surface area contributed by atoms with Crippen LogP contribution in [0.3, 0.4) is 0 Å². The number of halogens is 1. The average molecular weight is 357 g/mol. The summed E-state index contributed by atoms with van der Waals surface area (Å²) in [4.78, 5) is 2.36. The summed E-state index contributed by atoms with van der Waals surface area (Å²) < 4.78 is 19.3. The van der Waals surface area contributed by atoms with Crippen LogP contribution in [0.2, 0.25) is 0 Å². The Morgan fingerprint density at radius 1 is 1.00 bits per heavy atom. The summed E-state index contributed by atoms with van der Waals surface area (Å²) in [6, 6.07) is 13.6. The summed E-state index contributed by atoms with van der Waals surface area (Å²) in [6.45, 7) is 6.17. The van der Waals surface area contributed by atoms with Crippen molar-refractivity contribution in [3.8, 4) is 5.75 Å². The van der Waals surface area contributed by atoms with Crippen molar-refractivity contribution in [3.05, 3.63) is 65.5 Å². The van der Waals surface area contributed by atoms with E-state index >= 15 is 0 Å². The molecule has 26 heavy (non-hydrogen) atoms. The Kier molecular flexibility index (Phi) is 5.94. The van der Waals surface area contributed by atoms with Crippen molar-refractivity contribution in [2.24, 2.45) is 0 Å². The van der Waals surface area contributed by atoms with E-state index in [1.165, 1.54) is 31.4 Å². The van der Waals surface area contributed by atoms with Crippen molar-refractivity contribution in [3.63, 3.8) is 0 Å². The zero-order valence-electron chi connectivity index (χ0n) is 15.6. The highest BCUT2D eigenvalue weighted by molar-refractivity contribution is 5.38. The minimum absolute atomic E-state index is 0.0447. The molecule has 0 radical (unpaired) electrons. The Labute approximate surface area is 155 Å². The standard InChI is InChI=1S/C22H28FNO2/c1-3-22(25,18-7-11-20(23)12-8-18)19-9-13-21(14-10-19)26-17(2)24-15-5-4-6-16-24/h7-14,17,25H,3-6,15-16H2,1-2H3. The minimum Gasteiger partial charge on any atom is -0.475 e. The molecule has 0 spiro atoms. The van der Waals surface area contributed by atoms with Gasteiger partial charge in [0.1, 0.15) is 23.4 Å². The van der Waals surface area contributed by atoms with Crippen LogP contribution >= 0.6 is 0 Å². The predicted molar refractivity (Wildman–Crippen MR) is 102 cm³/mol. The van der Waals surface area contributed by atoms with Crippen LogP contribution in [0, 0.1) is 5.82 Å². The van der Waals surface area contributed by atoms with E-state index in [1.54, 1.807) is 12.1 Å². The first-order chi connectivity index (χ1) is 12.5. The van der Waals surface area contributed by atoms with Crippen molar-refractivity contribution >= 4 is 0 Å². The fourth-order valence-electron chi connectivity index (χ4n) is 3.66. The Hall–Kier alpha value is -1.91. The SMILES string of the molecule is CCC(O)(c1ccc(F)cc1)c1ccc(OC(C)N2CCCCC2)cc1. The number of benzene rings is 2. The van der Waals surface area contributed by atoms with Gasteiger partial charge in [-0.15, -0.1) is 0 Å². The highest BCUT2D eigenvalue weighted by Crippen LogP contribution is 2.34. The predicted octanol–water partition coefficient (Wildman–Crippen LogP) is 4.68. The lowest BCUT2D eigenvalue weighted by Gasteiger charge is -2.32. The Balaban J connectivity index is 1.73. The lowest BCUT2D eigenvalue weighted by molar-refractivity contribution is 0.0261. The van der Waals surface area contributed by atoms with Gasteiger partial charge in [-0.25, -0.2) is 4.39 Å². The van der Waals surface area contributed by atoms with E-state index in [0.29, 0.717) is 12.0 Å². The second-order valence-electron chi connectivity index (χ2n) is 7.06. The molecule has 1 fully saturated rings. The van der Waals surface area contributed by atoms with Gasteiger partial charge in [0.15, 0.2) is 0 Å². The normalized spacial score (nSPS) is 18.9. The molecule has 2 atom stereocenters. The molecule has 0 saturated carbocycles. The van der Waals surface area contributed by atoms with Crippen molar-refractivity contribution in [2.45, 2.75) is 51.4 Å². The molecule has 1 N–H and O–H groups in total. The molecule has 0 aromatic heterocycles. The quantitative estimate of drug-likeness (QED) is 0.815. The molecule has 0 bridgehead atoms. The van der Waals surface area contributed by atoms with Gasteiger partial charge in [-0.1, -0.05) is 37.6 Å². The molecule has 1 aliphatic heterocycles. The van der Waals surface area contributed by atoms with Gasteiger partial charge in [-0.2, -0.15) is 0 Å². The first-order valence-electron chi connectivity index (χ1n) is 9.52. The van der Waals surface area contributed by atoms with Crippen LogP contribution in [0.25, 0.3) is 0 Å². The second kappa shape index (κ2) is 8.19. The molecule has 2 aromatic carbocycles. The molecule has 140 valence electrons. The number of rotatable bonds is 6. The molecule has 1 heterocycles. The first-order valence-corrected chi connectivity index (χ1v) is 9.52. The molecule has 2 unspecified atom stereocenters. The van der Waals surface area contributed by atoms with Crippen LogP contribution in [0.4, 0.5) is 4.39 Å². The molecule has 3 nitrogen and oxygen atoms in total. The zero-order valence-corrected chi connectivity index (χ0v) is 15.6. The van der Waals surface area contributed by atoms with Crippen LogP contribution in [-0.4, -0.2) is 29.3 Å². The number of piperidine rings is 1. The highest BCUT2D eigenvalue weighted by atomic mass is 19.1. The van der Waals surface area contributed by atoms with Crippen molar-refractivity contribution in [1.29, 1.82) is 0 Å². The number of nitrogens with zero attached hydrogens (tertiary/aromatic N) is 1. The molecular weight excluding hydrogens is 329 g/mol.